The Balaban J connectivity index is 1.80. The highest BCUT2D eigenvalue weighted by Crippen LogP contribution is 2.38. The van der Waals surface area contributed by atoms with Crippen LogP contribution in [0.2, 0.25) is 0 Å². The van der Waals surface area contributed by atoms with Gasteiger partial charge < -0.3 is 10.1 Å². The molecule has 0 saturated carbocycles. The molecule has 0 radical (unpaired) electrons. The van der Waals surface area contributed by atoms with Crippen molar-refractivity contribution in [2.75, 3.05) is 6.54 Å². The average Bonchev–Trinajstić information content (AvgIpc) is 3.10. The number of amides is 1. The fourth-order valence-electron chi connectivity index (χ4n) is 3.27. The number of hydrogen-bond donors (Lipinski definition) is 0. The molecule has 0 unspecified atom stereocenters. The number of thiophene rings is 1. The summed E-state index contributed by atoms with van der Waals surface area (Å²) in [6, 6.07) is 16.9. The SMILES string of the molecule is O=C(c1cccc[n+]1[O-])N1CCc2sccc2[C@@H]1c1ccccc1. The van der Waals surface area contributed by atoms with E-state index in [0.717, 1.165) is 12.0 Å². The molecule has 1 amide bonds. The van der Waals surface area contributed by atoms with E-state index in [1.54, 1.807) is 29.5 Å². The number of carbonyl (C=O) groups excluding carboxylic acids is 1. The van der Waals surface area contributed by atoms with Gasteiger partial charge >= 0.3 is 5.91 Å². The summed E-state index contributed by atoms with van der Waals surface area (Å²) in [6.45, 7) is 0.612. The fourth-order valence-corrected chi connectivity index (χ4v) is 4.17. The molecule has 4 nitrogen and oxygen atoms in total. The third kappa shape index (κ3) is 2.47. The van der Waals surface area contributed by atoms with Crippen LogP contribution >= 0.6 is 11.3 Å². The van der Waals surface area contributed by atoms with Gasteiger partial charge in [0.25, 0.3) is 5.69 Å². The van der Waals surface area contributed by atoms with Crippen LogP contribution in [0.1, 0.15) is 32.5 Å². The second-order valence-electron chi connectivity index (χ2n) is 5.77. The number of rotatable bonds is 2. The second-order valence-corrected chi connectivity index (χ2v) is 6.77. The van der Waals surface area contributed by atoms with Gasteiger partial charge in [-0.2, -0.15) is 4.73 Å². The summed E-state index contributed by atoms with van der Waals surface area (Å²) < 4.78 is 0.646. The van der Waals surface area contributed by atoms with Gasteiger partial charge in [0.05, 0.1) is 6.04 Å². The van der Waals surface area contributed by atoms with Crippen molar-refractivity contribution in [2.24, 2.45) is 0 Å². The summed E-state index contributed by atoms with van der Waals surface area (Å²) in [7, 11) is 0. The third-order valence-electron chi connectivity index (χ3n) is 4.39. The van der Waals surface area contributed by atoms with Crippen molar-refractivity contribution in [1.82, 2.24) is 4.90 Å². The van der Waals surface area contributed by atoms with Gasteiger partial charge in [0.2, 0.25) is 0 Å². The second kappa shape index (κ2) is 6.09. The van der Waals surface area contributed by atoms with E-state index in [9.17, 15) is 10.0 Å². The summed E-state index contributed by atoms with van der Waals surface area (Å²) >= 11 is 1.73. The lowest BCUT2D eigenvalue weighted by molar-refractivity contribution is -0.608. The molecule has 24 heavy (non-hydrogen) atoms. The Morgan fingerprint density at radius 3 is 2.71 bits per heavy atom. The number of fused-ring (bicyclic) bond motifs is 1. The Morgan fingerprint density at radius 1 is 1.12 bits per heavy atom. The topological polar surface area (TPSA) is 47.2 Å². The minimum Gasteiger partial charge on any atom is -0.618 e. The standard InChI is InChI=1S/C19H16N2O2S/c22-19(16-8-4-5-11-21(16)23)20-12-9-17-15(10-13-24-17)18(20)14-6-2-1-3-7-14/h1-8,10-11,13,18H,9,12H2/t18-/m0/s1. The first-order valence-corrected chi connectivity index (χ1v) is 8.74. The summed E-state index contributed by atoms with van der Waals surface area (Å²) in [5, 5.41) is 14.1. The van der Waals surface area contributed by atoms with Gasteiger partial charge in [0, 0.05) is 23.6 Å². The molecule has 1 atom stereocenters. The number of nitrogens with zero attached hydrogens (tertiary/aromatic N) is 2. The normalized spacial score (nSPS) is 16.7. The molecule has 4 rings (SSSR count). The van der Waals surface area contributed by atoms with E-state index in [-0.39, 0.29) is 17.6 Å². The summed E-state index contributed by atoms with van der Waals surface area (Å²) in [5.74, 6) is -0.226. The maximum absolute atomic E-state index is 13.0. The average molecular weight is 336 g/mol. The van der Waals surface area contributed by atoms with Crippen LogP contribution in [0.5, 0.6) is 0 Å². The van der Waals surface area contributed by atoms with Gasteiger partial charge in [-0.15, -0.1) is 11.3 Å². The van der Waals surface area contributed by atoms with Gasteiger partial charge in [-0.25, -0.2) is 0 Å². The number of aromatic nitrogens is 1. The van der Waals surface area contributed by atoms with Gasteiger partial charge in [0.1, 0.15) is 0 Å². The molecule has 3 aromatic rings. The molecular weight excluding hydrogens is 320 g/mol. The van der Waals surface area contributed by atoms with Crippen molar-refractivity contribution in [3.63, 3.8) is 0 Å². The van der Waals surface area contributed by atoms with Crippen molar-refractivity contribution >= 4 is 17.2 Å². The summed E-state index contributed by atoms with van der Waals surface area (Å²) in [4.78, 5) is 16.2. The van der Waals surface area contributed by atoms with Crippen molar-refractivity contribution in [2.45, 2.75) is 12.5 Å². The molecule has 0 spiro atoms. The maximum Gasteiger partial charge on any atom is 0.320 e. The van der Waals surface area contributed by atoms with E-state index in [1.165, 1.54) is 16.6 Å². The first-order chi connectivity index (χ1) is 11.8. The highest BCUT2D eigenvalue weighted by molar-refractivity contribution is 7.10. The minimum absolute atomic E-state index is 0.145. The van der Waals surface area contributed by atoms with E-state index < -0.39 is 0 Å². The number of carbonyl (C=O) groups is 1. The smallest absolute Gasteiger partial charge is 0.320 e. The van der Waals surface area contributed by atoms with Gasteiger partial charge in [-0.3, -0.25) is 4.79 Å². The van der Waals surface area contributed by atoms with Gasteiger partial charge in [0.15, 0.2) is 6.20 Å². The predicted octanol–water partition coefficient (Wildman–Crippen LogP) is 3.17. The molecule has 2 aromatic heterocycles. The van der Waals surface area contributed by atoms with Crippen LogP contribution in [-0.4, -0.2) is 17.4 Å². The molecule has 1 aliphatic rings. The Kier molecular flexibility index (Phi) is 3.78. The molecule has 0 bridgehead atoms. The zero-order valence-electron chi connectivity index (χ0n) is 13.0. The van der Waals surface area contributed by atoms with E-state index in [2.05, 4.69) is 11.4 Å². The van der Waals surface area contributed by atoms with Crippen molar-refractivity contribution < 1.29 is 9.52 Å². The zero-order chi connectivity index (χ0) is 16.5. The molecule has 0 fully saturated rings. The molecule has 120 valence electrons. The largest absolute Gasteiger partial charge is 0.618 e. The summed E-state index contributed by atoms with van der Waals surface area (Å²) in [5.41, 5.74) is 2.40. The van der Waals surface area contributed by atoms with E-state index in [1.807, 2.05) is 35.2 Å². The summed E-state index contributed by atoms with van der Waals surface area (Å²) in [6.07, 6.45) is 2.19. The van der Waals surface area contributed by atoms with E-state index >= 15 is 0 Å². The molecule has 3 heterocycles. The Labute approximate surface area is 144 Å². The predicted molar refractivity (Wildman–Crippen MR) is 92.7 cm³/mol. The lowest BCUT2D eigenvalue weighted by Crippen LogP contribution is -2.45. The molecular formula is C19H16N2O2S. The van der Waals surface area contributed by atoms with Crippen molar-refractivity contribution in [3.05, 3.63) is 93.1 Å². The molecule has 1 aliphatic heterocycles. The first kappa shape index (κ1) is 14.9. The van der Waals surface area contributed by atoms with Crippen LogP contribution in [0.4, 0.5) is 0 Å². The van der Waals surface area contributed by atoms with Crippen LogP contribution in [0, 0.1) is 5.21 Å². The van der Waals surface area contributed by atoms with Crippen LogP contribution < -0.4 is 4.73 Å². The van der Waals surface area contributed by atoms with Crippen LogP contribution in [0.3, 0.4) is 0 Å². The van der Waals surface area contributed by atoms with Crippen molar-refractivity contribution in [1.29, 1.82) is 0 Å². The Hall–Kier alpha value is -2.66. The van der Waals surface area contributed by atoms with E-state index in [4.69, 9.17) is 0 Å². The maximum atomic E-state index is 13.0. The number of benzene rings is 1. The highest BCUT2D eigenvalue weighted by atomic mass is 32.1. The minimum atomic E-state index is -0.226. The molecule has 0 N–H and O–H groups in total. The molecule has 5 heteroatoms. The van der Waals surface area contributed by atoms with Gasteiger partial charge in [-0.1, -0.05) is 30.3 Å². The van der Waals surface area contributed by atoms with Crippen LogP contribution in [0.25, 0.3) is 0 Å². The lowest BCUT2D eigenvalue weighted by Gasteiger charge is -2.35. The molecule has 0 saturated heterocycles. The number of pyridine rings is 1. The quantitative estimate of drug-likeness (QED) is 0.533. The monoisotopic (exact) mass is 336 g/mol. The first-order valence-electron chi connectivity index (χ1n) is 7.86. The molecule has 1 aromatic carbocycles. The van der Waals surface area contributed by atoms with Crippen LogP contribution in [0.15, 0.2) is 66.2 Å². The van der Waals surface area contributed by atoms with Crippen molar-refractivity contribution in [3.8, 4) is 0 Å². The van der Waals surface area contributed by atoms with Crippen LogP contribution in [-0.2, 0) is 6.42 Å². The fraction of sp³-hybridized carbons (Fsp3) is 0.158. The highest BCUT2D eigenvalue weighted by Gasteiger charge is 2.35. The molecule has 0 aliphatic carbocycles. The van der Waals surface area contributed by atoms with E-state index in [0.29, 0.717) is 11.3 Å². The Bertz CT molecular complexity index is 876. The number of hydrogen-bond acceptors (Lipinski definition) is 3. The Morgan fingerprint density at radius 2 is 1.92 bits per heavy atom. The third-order valence-corrected chi connectivity index (χ3v) is 5.38. The zero-order valence-corrected chi connectivity index (χ0v) is 13.8. The van der Waals surface area contributed by atoms with Gasteiger partial charge in [-0.05, 0) is 35.1 Å². The lowest BCUT2D eigenvalue weighted by atomic mass is 9.93.